The van der Waals surface area contributed by atoms with E-state index in [-0.39, 0.29) is 11.4 Å². The highest BCUT2D eigenvalue weighted by molar-refractivity contribution is 5.99. The maximum Gasteiger partial charge on any atom is 0.341 e. The van der Waals surface area contributed by atoms with E-state index in [0.29, 0.717) is 17.0 Å². The molecule has 0 spiro atoms. The van der Waals surface area contributed by atoms with Gasteiger partial charge >= 0.3 is 5.97 Å². The van der Waals surface area contributed by atoms with Crippen molar-refractivity contribution in [2.45, 2.75) is 0 Å². The lowest BCUT2D eigenvalue weighted by Gasteiger charge is -2.11. The van der Waals surface area contributed by atoms with Crippen molar-refractivity contribution in [1.82, 2.24) is 9.88 Å². The quantitative estimate of drug-likeness (QED) is 0.478. The summed E-state index contributed by atoms with van der Waals surface area (Å²) in [5.74, 6) is 0.897. The fourth-order valence-corrected chi connectivity index (χ4v) is 2.02. The van der Waals surface area contributed by atoms with Gasteiger partial charge in [0.05, 0.1) is 33.2 Å². The van der Waals surface area contributed by atoms with E-state index in [4.69, 9.17) is 14.2 Å². The van der Waals surface area contributed by atoms with E-state index in [2.05, 4.69) is 9.98 Å². The lowest BCUT2D eigenvalue weighted by Crippen LogP contribution is -2.08. The molecule has 7 heteroatoms. The summed E-state index contributed by atoms with van der Waals surface area (Å²) in [6.45, 7) is 0. The van der Waals surface area contributed by atoms with Crippen molar-refractivity contribution in [2.24, 2.45) is 4.99 Å². The number of pyridine rings is 1. The zero-order valence-corrected chi connectivity index (χ0v) is 13.8. The standard InChI is InChI=1S/C16H19N3O4/c1-19(2)9-17-15-11(16(20)23-5)6-10-7-13(21-3)14(22-4)8-12(10)18-15/h6-9H,1-5H3/b17-9+. The first-order valence-electron chi connectivity index (χ1n) is 6.85. The molecule has 0 aliphatic rings. The fraction of sp³-hybridized carbons (Fsp3) is 0.312. The Morgan fingerprint density at radius 1 is 1.13 bits per heavy atom. The molecule has 23 heavy (non-hydrogen) atoms. The summed E-state index contributed by atoms with van der Waals surface area (Å²) in [5, 5.41) is 0.729. The smallest absolute Gasteiger partial charge is 0.341 e. The van der Waals surface area contributed by atoms with Crippen molar-refractivity contribution in [3.8, 4) is 11.5 Å². The second kappa shape index (κ2) is 6.95. The molecule has 1 heterocycles. The SMILES string of the molecule is COC(=O)c1cc2cc(OC)c(OC)cc2nc1/N=C/N(C)C. The van der Waals surface area contributed by atoms with Crippen LogP contribution in [0.5, 0.6) is 11.5 Å². The highest BCUT2D eigenvalue weighted by Gasteiger charge is 2.16. The molecule has 0 bridgehead atoms. The van der Waals surface area contributed by atoms with Crippen LogP contribution in [-0.2, 0) is 4.74 Å². The third-order valence-electron chi connectivity index (χ3n) is 3.12. The predicted molar refractivity (Wildman–Crippen MR) is 88.0 cm³/mol. The Morgan fingerprint density at radius 3 is 2.35 bits per heavy atom. The lowest BCUT2D eigenvalue weighted by molar-refractivity contribution is 0.0601. The molecule has 0 saturated carbocycles. The first-order valence-corrected chi connectivity index (χ1v) is 6.85. The topological polar surface area (TPSA) is 73.2 Å². The maximum absolute atomic E-state index is 12.0. The highest BCUT2D eigenvalue weighted by atomic mass is 16.5. The summed E-state index contributed by atoms with van der Waals surface area (Å²) in [6.07, 6.45) is 1.57. The highest BCUT2D eigenvalue weighted by Crippen LogP contribution is 2.33. The van der Waals surface area contributed by atoms with Crippen molar-refractivity contribution in [3.05, 3.63) is 23.8 Å². The van der Waals surface area contributed by atoms with Gasteiger partial charge in [-0.25, -0.2) is 14.8 Å². The third-order valence-corrected chi connectivity index (χ3v) is 3.12. The van der Waals surface area contributed by atoms with Gasteiger partial charge in [-0.15, -0.1) is 0 Å². The van der Waals surface area contributed by atoms with Crippen LogP contribution in [0, 0.1) is 0 Å². The summed E-state index contributed by atoms with van der Waals surface area (Å²) in [4.78, 5) is 22.4. The van der Waals surface area contributed by atoms with Crippen LogP contribution in [0.15, 0.2) is 23.2 Å². The van der Waals surface area contributed by atoms with E-state index in [1.165, 1.54) is 7.11 Å². The van der Waals surface area contributed by atoms with E-state index in [9.17, 15) is 4.79 Å². The minimum Gasteiger partial charge on any atom is -0.493 e. The number of hydrogen-bond acceptors (Lipinski definition) is 6. The van der Waals surface area contributed by atoms with Gasteiger partial charge in [-0.3, -0.25) is 0 Å². The molecule has 7 nitrogen and oxygen atoms in total. The van der Waals surface area contributed by atoms with Crippen molar-refractivity contribution in [3.63, 3.8) is 0 Å². The Labute approximate surface area is 134 Å². The molecule has 0 amide bonds. The molecular formula is C16H19N3O4. The second-order valence-corrected chi connectivity index (χ2v) is 4.96. The zero-order valence-electron chi connectivity index (χ0n) is 13.8. The average Bonchev–Trinajstić information content (AvgIpc) is 2.56. The van der Waals surface area contributed by atoms with Gasteiger partial charge in [0.25, 0.3) is 0 Å². The number of esters is 1. The van der Waals surface area contributed by atoms with E-state index in [0.717, 1.165) is 5.39 Å². The molecule has 0 fully saturated rings. The minimum atomic E-state index is -0.500. The molecule has 0 unspecified atom stereocenters. The number of hydrogen-bond donors (Lipinski definition) is 0. The molecule has 0 atom stereocenters. The number of aromatic nitrogens is 1. The number of ether oxygens (including phenoxy) is 3. The third kappa shape index (κ3) is 3.50. The van der Waals surface area contributed by atoms with Crippen LogP contribution in [0.4, 0.5) is 5.82 Å². The van der Waals surface area contributed by atoms with Crippen molar-refractivity contribution in [2.75, 3.05) is 35.4 Å². The maximum atomic E-state index is 12.0. The molecule has 2 aromatic rings. The molecule has 2 rings (SSSR count). The minimum absolute atomic E-state index is 0.283. The van der Waals surface area contributed by atoms with Crippen LogP contribution in [0.25, 0.3) is 10.9 Å². The summed E-state index contributed by atoms with van der Waals surface area (Å²) in [6, 6.07) is 5.18. The van der Waals surface area contributed by atoms with Gasteiger partial charge in [0.1, 0.15) is 5.56 Å². The lowest BCUT2D eigenvalue weighted by atomic mass is 10.1. The fourth-order valence-electron chi connectivity index (χ4n) is 2.02. The van der Waals surface area contributed by atoms with Crippen molar-refractivity contribution >= 4 is 29.0 Å². The Hall–Kier alpha value is -2.83. The molecule has 0 saturated heterocycles. The van der Waals surface area contributed by atoms with E-state index >= 15 is 0 Å². The summed E-state index contributed by atoms with van der Waals surface area (Å²) < 4.78 is 15.4. The first kappa shape index (κ1) is 16.5. The Balaban J connectivity index is 2.69. The van der Waals surface area contributed by atoms with Crippen molar-refractivity contribution in [1.29, 1.82) is 0 Å². The van der Waals surface area contributed by atoms with Crippen LogP contribution in [0.3, 0.4) is 0 Å². The Morgan fingerprint density at radius 2 is 1.78 bits per heavy atom. The normalized spacial score (nSPS) is 10.8. The van der Waals surface area contributed by atoms with Gasteiger partial charge in [-0.2, -0.15) is 0 Å². The number of rotatable bonds is 5. The van der Waals surface area contributed by atoms with E-state index in [1.54, 1.807) is 43.7 Å². The van der Waals surface area contributed by atoms with E-state index < -0.39 is 5.97 Å². The van der Waals surface area contributed by atoms with Crippen LogP contribution < -0.4 is 9.47 Å². The van der Waals surface area contributed by atoms with Gasteiger partial charge < -0.3 is 19.1 Å². The summed E-state index contributed by atoms with van der Waals surface area (Å²) >= 11 is 0. The zero-order chi connectivity index (χ0) is 17.0. The summed E-state index contributed by atoms with van der Waals surface area (Å²) in [5.41, 5.74) is 0.923. The number of methoxy groups -OCH3 is 3. The number of fused-ring (bicyclic) bond motifs is 1. The monoisotopic (exact) mass is 317 g/mol. The predicted octanol–water partition coefficient (Wildman–Crippen LogP) is 2.26. The van der Waals surface area contributed by atoms with Gasteiger partial charge in [-0.05, 0) is 12.1 Å². The van der Waals surface area contributed by atoms with Crippen molar-refractivity contribution < 1.29 is 19.0 Å². The summed E-state index contributed by atoms with van der Waals surface area (Å²) in [7, 11) is 8.08. The Bertz CT molecular complexity index is 757. The van der Waals surface area contributed by atoms with Crippen LogP contribution in [0.2, 0.25) is 0 Å². The Kier molecular flexibility index (Phi) is 5.00. The molecule has 0 aliphatic carbocycles. The molecule has 122 valence electrons. The van der Waals surface area contributed by atoms with E-state index in [1.807, 2.05) is 14.1 Å². The molecule has 0 aliphatic heterocycles. The molecule has 1 aromatic heterocycles. The van der Waals surface area contributed by atoms with Crippen LogP contribution in [-0.4, -0.2) is 57.6 Å². The average molecular weight is 317 g/mol. The molecule has 0 radical (unpaired) electrons. The molecular weight excluding hydrogens is 298 g/mol. The van der Waals surface area contributed by atoms with Gasteiger partial charge in [-0.1, -0.05) is 0 Å². The first-order chi connectivity index (χ1) is 11.0. The number of benzene rings is 1. The second-order valence-electron chi connectivity index (χ2n) is 4.96. The van der Waals surface area contributed by atoms with Crippen LogP contribution >= 0.6 is 0 Å². The number of aliphatic imine (C=N–C) groups is 1. The van der Waals surface area contributed by atoms with Gasteiger partial charge in [0.2, 0.25) is 0 Å². The van der Waals surface area contributed by atoms with Crippen LogP contribution in [0.1, 0.15) is 10.4 Å². The largest absolute Gasteiger partial charge is 0.493 e. The van der Waals surface area contributed by atoms with Gasteiger partial charge in [0, 0.05) is 25.5 Å². The number of carbonyl (C=O) groups is 1. The molecule has 1 aromatic carbocycles. The number of carbonyl (C=O) groups excluding carboxylic acids is 1. The molecule has 0 N–H and O–H groups in total. The number of nitrogens with zero attached hydrogens (tertiary/aromatic N) is 3. The van der Waals surface area contributed by atoms with Gasteiger partial charge in [0.15, 0.2) is 17.3 Å².